The lowest BCUT2D eigenvalue weighted by Gasteiger charge is -2.11. The molecular formula is C49H29N3OS. The number of thiophene rings is 1. The molecule has 11 rings (SSSR count). The predicted octanol–water partition coefficient (Wildman–Crippen LogP) is 13.6. The summed E-state index contributed by atoms with van der Waals surface area (Å²) in [5.41, 5.74) is 8.94. The number of rotatable bonds is 5. The molecule has 0 aliphatic rings. The molecule has 0 atom stereocenters. The minimum absolute atomic E-state index is 0.588. The largest absolute Gasteiger partial charge is 0.456 e. The van der Waals surface area contributed by atoms with E-state index in [-0.39, 0.29) is 0 Å². The third-order valence-corrected chi connectivity index (χ3v) is 11.4. The normalized spacial score (nSPS) is 11.7. The van der Waals surface area contributed by atoms with Crippen LogP contribution in [0.3, 0.4) is 0 Å². The number of aromatic nitrogens is 3. The average molecular weight is 708 g/mol. The first-order valence-electron chi connectivity index (χ1n) is 18.0. The summed E-state index contributed by atoms with van der Waals surface area (Å²) in [6.07, 6.45) is 0. The molecule has 4 nitrogen and oxygen atoms in total. The number of fused-ring (bicyclic) bond motifs is 7. The molecule has 8 aromatic carbocycles. The second-order valence-corrected chi connectivity index (χ2v) is 14.7. The maximum Gasteiger partial charge on any atom is 0.164 e. The van der Waals surface area contributed by atoms with Crippen molar-refractivity contribution in [2.45, 2.75) is 0 Å². The first kappa shape index (κ1) is 30.7. The quantitative estimate of drug-likeness (QED) is 0.179. The van der Waals surface area contributed by atoms with Gasteiger partial charge in [0.2, 0.25) is 0 Å². The standard InChI is InChI=1S/C49H29N3OS/c1-3-11-30(12-4-1)32-19-20-34-26-36(22-21-33(34)25-32)48-50-47(31-13-5-2-6-14-31)51-49(52-48)37-27-41(46-40-16-7-9-17-42(40)53-43(46)28-37)35-23-24-39-38-15-8-10-18-44(38)54-45(39)29-35/h1-29H. The van der Waals surface area contributed by atoms with Gasteiger partial charge in [-0.15, -0.1) is 11.3 Å². The molecular weight excluding hydrogens is 679 g/mol. The van der Waals surface area contributed by atoms with Crippen LogP contribution >= 0.6 is 11.3 Å². The number of para-hydroxylation sites is 1. The topological polar surface area (TPSA) is 51.8 Å². The average Bonchev–Trinajstić information content (AvgIpc) is 3.81. The highest BCUT2D eigenvalue weighted by Gasteiger charge is 2.19. The Morgan fingerprint density at radius 1 is 0.352 bits per heavy atom. The Hall–Kier alpha value is -6.95. The summed E-state index contributed by atoms with van der Waals surface area (Å²) in [6, 6.07) is 61.6. The molecule has 252 valence electrons. The van der Waals surface area contributed by atoms with E-state index in [9.17, 15) is 0 Å². The molecule has 0 saturated heterocycles. The lowest BCUT2D eigenvalue weighted by atomic mass is 9.96. The monoisotopic (exact) mass is 707 g/mol. The fourth-order valence-electron chi connectivity index (χ4n) is 7.65. The fourth-order valence-corrected chi connectivity index (χ4v) is 8.80. The van der Waals surface area contributed by atoms with E-state index >= 15 is 0 Å². The lowest BCUT2D eigenvalue weighted by molar-refractivity contribution is 0.669. The van der Waals surface area contributed by atoms with Crippen LogP contribution in [0.5, 0.6) is 0 Å². The molecule has 0 unspecified atom stereocenters. The first-order valence-corrected chi connectivity index (χ1v) is 18.8. The number of nitrogens with zero attached hydrogens (tertiary/aromatic N) is 3. The molecule has 54 heavy (non-hydrogen) atoms. The molecule has 0 amide bonds. The van der Waals surface area contributed by atoms with Gasteiger partial charge in [-0.1, -0.05) is 133 Å². The van der Waals surface area contributed by atoms with Gasteiger partial charge in [0.1, 0.15) is 11.2 Å². The Labute approximate surface area is 314 Å². The van der Waals surface area contributed by atoms with E-state index in [0.717, 1.165) is 60.5 Å². The molecule has 3 heterocycles. The Kier molecular flexibility index (Phi) is 7.00. The molecule has 0 spiro atoms. The van der Waals surface area contributed by atoms with Gasteiger partial charge in [0.25, 0.3) is 0 Å². The van der Waals surface area contributed by atoms with Crippen molar-refractivity contribution in [2.75, 3.05) is 0 Å². The number of hydrogen-bond acceptors (Lipinski definition) is 5. The van der Waals surface area contributed by atoms with Crippen molar-refractivity contribution in [3.8, 4) is 56.4 Å². The molecule has 0 bridgehead atoms. The van der Waals surface area contributed by atoms with Crippen molar-refractivity contribution in [1.29, 1.82) is 0 Å². The van der Waals surface area contributed by atoms with Crippen LogP contribution in [0.15, 0.2) is 180 Å². The molecule has 0 fully saturated rings. The van der Waals surface area contributed by atoms with Crippen molar-refractivity contribution in [3.05, 3.63) is 176 Å². The maximum absolute atomic E-state index is 6.56. The molecule has 3 aromatic heterocycles. The third kappa shape index (κ3) is 5.17. The highest BCUT2D eigenvalue weighted by molar-refractivity contribution is 7.25. The van der Waals surface area contributed by atoms with Crippen LogP contribution in [0.25, 0.3) is 109 Å². The van der Waals surface area contributed by atoms with Crippen molar-refractivity contribution in [2.24, 2.45) is 0 Å². The SMILES string of the molecule is c1ccc(-c2ccc3cc(-c4nc(-c5ccccc5)nc(-c5cc(-c6ccc7c(c6)sc6ccccc67)c6c(c5)oc5ccccc56)n4)ccc3c2)cc1. The van der Waals surface area contributed by atoms with Gasteiger partial charge in [-0.05, 0) is 75.5 Å². The van der Waals surface area contributed by atoms with Gasteiger partial charge < -0.3 is 4.42 Å². The van der Waals surface area contributed by atoms with Crippen LogP contribution in [-0.4, -0.2) is 15.0 Å². The maximum atomic E-state index is 6.56. The van der Waals surface area contributed by atoms with Gasteiger partial charge in [0.05, 0.1) is 0 Å². The Morgan fingerprint density at radius 3 is 1.74 bits per heavy atom. The van der Waals surface area contributed by atoms with E-state index in [0.29, 0.717) is 17.5 Å². The van der Waals surface area contributed by atoms with E-state index in [1.54, 1.807) is 0 Å². The second-order valence-electron chi connectivity index (χ2n) is 13.6. The Morgan fingerprint density at radius 2 is 0.944 bits per heavy atom. The Balaban J connectivity index is 1.11. The predicted molar refractivity (Wildman–Crippen MR) is 225 cm³/mol. The van der Waals surface area contributed by atoms with Gasteiger partial charge in [-0.2, -0.15) is 0 Å². The van der Waals surface area contributed by atoms with E-state index in [1.807, 2.05) is 59.9 Å². The van der Waals surface area contributed by atoms with Crippen LogP contribution in [-0.2, 0) is 0 Å². The zero-order valence-corrected chi connectivity index (χ0v) is 29.7. The summed E-state index contributed by atoms with van der Waals surface area (Å²) < 4.78 is 9.10. The van der Waals surface area contributed by atoms with E-state index < -0.39 is 0 Å². The molecule has 0 radical (unpaired) electrons. The number of furan rings is 1. The molecule has 0 aliphatic heterocycles. The molecule has 0 N–H and O–H groups in total. The minimum atomic E-state index is 0.588. The van der Waals surface area contributed by atoms with Gasteiger partial charge in [0, 0.05) is 47.6 Å². The second kappa shape index (κ2) is 12.3. The lowest BCUT2D eigenvalue weighted by Crippen LogP contribution is -2.00. The van der Waals surface area contributed by atoms with Gasteiger partial charge >= 0.3 is 0 Å². The van der Waals surface area contributed by atoms with E-state index in [1.165, 1.54) is 31.3 Å². The zero-order chi connectivity index (χ0) is 35.6. The van der Waals surface area contributed by atoms with E-state index in [2.05, 4.69) is 127 Å². The molecule has 0 saturated carbocycles. The van der Waals surface area contributed by atoms with Crippen molar-refractivity contribution in [3.63, 3.8) is 0 Å². The minimum Gasteiger partial charge on any atom is -0.456 e. The highest BCUT2D eigenvalue weighted by atomic mass is 32.1. The van der Waals surface area contributed by atoms with Gasteiger partial charge in [0.15, 0.2) is 17.5 Å². The van der Waals surface area contributed by atoms with Crippen LogP contribution in [0, 0.1) is 0 Å². The summed E-state index contributed by atoms with van der Waals surface area (Å²) >= 11 is 1.83. The zero-order valence-electron chi connectivity index (χ0n) is 28.9. The van der Waals surface area contributed by atoms with Gasteiger partial charge in [-0.3, -0.25) is 0 Å². The summed E-state index contributed by atoms with van der Waals surface area (Å²) in [5.74, 6) is 1.82. The molecule has 0 aliphatic carbocycles. The molecule has 11 aromatic rings. The smallest absolute Gasteiger partial charge is 0.164 e. The first-order chi connectivity index (χ1) is 26.7. The van der Waals surface area contributed by atoms with E-state index in [4.69, 9.17) is 19.4 Å². The van der Waals surface area contributed by atoms with Crippen molar-refractivity contribution >= 4 is 64.2 Å². The van der Waals surface area contributed by atoms with Crippen molar-refractivity contribution in [1.82, 2.24) is 15.0 Å². The summed E-state index contributed by atoms with van der Waals surface area (Å²) in [7, 11) is 0. The van der Waals surface area contributed by atoms with Crippen molar-refractivity contribution < 1.29 is 4.42 Å². The fraction of sp³-hybridized carbons (Fsp3) is 0. The van der Waals surface area contributed by atoms with Crippen LogP contribution in [0.1, 0.15) is 0 Å². The summed E-state index contributed by atoms with van der Waals surface area (Å²) in [4.78, 5) is 15.4. The van der Waals surface area contributed by atoms with Crippen LogP contribution in [0.4, 0.5) is 0 Å². The summed E-state index contributed by atoms with van der Waals surface area (Å²) in [5, 5.41) is 7.00. The number of hydrogen-bond donors (Lipinski definition) is 0. The van der Waals surface area contributed by atoms with Crippen LogP contribution in [0.2, 0.25) is 0 Å². The van der Waals surface area contributed by atoms with Crippen LogP contribution < -0.4 is 0 Å². The number of benzene rings is 8. The van der Waals surface area contributed by atoms with Gasteiger partial charge in [-0.25, -0.2) is 15.0 Å². The third-order valence-electron chi connectivity index (χ3n) is 10.3. The summed E-state index contributed by atoms with van der Waals surface area (Å²) in [6.45, 7) is 0. The highest BCUT2D eigenvalue weighted by Crippen LogP contribution is 2.42. The molecule has 5 heteroatoms. The Bertz CT molecular complexity index is 3220.